The van der Waals surface area contributed by atoms with Crippen molar-refractivity contribution in [3.8, 4) is 17.2 Å². The standard InChI is InChI=1S/C22H20N2O4/c1-13-7-10-20(28-13)21-17(16-9-8-15(26-2)12-19(16)24-21)11-14-5-4-6-18(23-14)22(25)27-3/h4-10,12,24H,11H2,1-3H3. The number of nitrogens with zero attached hydrogens (tertiary/aromatic N) is 1. The summed E-state index contributed by atoms with van der Waals surface area (Å²) in [5, 5.41) is 1.05. The minimum atomic E-state index is -0.451. The van der Waals surface area contributed by atoms with E-state index in [9.17, 15) is 4.79 Å². The zero-order valence-corrected chi connectivity index (χ0v) is 15.9. The van der Waals surface area contributed by atoms with E-state index in [0.29, 0.717) is 6.42 Å². The Morgan fingerprint density at radius 2 is 2.00 bits per heavy atom. The molecule has 0 bridgehead atoms. The highest BCUT2D eigenvalue weighted by Crippen LogP contribution is 2.34. The molecule has 28 heavy (non-hydrogen) atoms. The van der Waals surface area contributed by atoms with Gasteiger partial charge in [-0.3, -0.25) is 0 Å². The number of aromatic nitrogens is 2. The van der Waals surface area contributed by atoms with Gasteiger partial charge < -0.3 is 18.9 Å². The molecule has 0 aliphatic heterocycles. The largest absolute Gasteiger partial charge is 0.497 e. The Balaban J connectivity index is 1.84. The summed E-state index contributed by atoms with van der Waals surface area (Å²) in [6.45, 7) is 1.91. The Labute approximate surface area is 162 Å². The number of ether oxygens (including phenoxy) is 2. The molecule has 4 aromatic rings. The van der Waals surface area contributed by atoms with Crippen LogP contribution in [0.1, 0.15) is 27.5 Å². The number of aromatic amines is 1. The molecule has 142 valence electrons. The van der Waals surface area contributed by atoms with Crippen molar-refractivity contribution in [1.82, 2.24) is 9.97 Å². The summed E-state index contributed by atoms with van der Waals surface area (Å²) in [5.74, 6) is 1.91. The third-order valence-corrected chi connectivity index (χ3v) is 4.66. The molecule has 3 heterocycles. The van der Waals surface area contributed by atoms with Gasteiger partial charge >= 0.3 is 5.97 Å². The van der Waals surface area contributed by atoms with E-state index in [4.69, 9.17) is 13.9 Å². The van der Waals surface area contributed by atoms with Crippen molar-refractivity contribution in [2.45, 2.75) is 13.3 Å². The number of H-pyrrole nitrogens is 1. The van der Waals surface area contributed by atoms with Crippen molar-refractivity contribution >= 4 is 16.9 Å². The molecule has 0 amide bonds. The summed E-state index contributed by atoms with van der Waals surface area (Å²) in [6.07, 6.45) is 0.534. The number of rotatable bonds is 5. The monoisotopic (exact) mass is 376 g/mol. The molecule has 6 heteroatoms. The van der Waals surface area contributed by atoms with Crippen LogP contribution in [0.25, 0.3) is 22.4 Å². The molecule has 4 rings (SSSR count). The fourth-order valence-corrected chi connectivity index (χ4v) is 3.30. The second-order valence-corrected chi connectivity index (χ2v) is 6.48. The number of carbonyl (C=O) groups is 1. The van der Waals surface area contributed by atoms with Crippen molar-refractivity contribution in [2.75, 3.05) is 14.2 Å². The van der Waals surface area contributed by atoms with Crippen molar-refractivity contribution < 1.29 is 18.7 Å². The smallest absolute Gasteiger partial charge is 0.356 e. The maximum absolute atomic E-state index is 11.8. The number of fused-ring (bicyclic) bond motifs is 1. The molecule has 6 nitrogen and oxygen atoms in total. The summed E-state index contributed by atoms with van der Waals surface area (Å²) in [4.78, 5) is 19.7. The minimum Gasteiger partial charge on any atom is -0.497 e. The van der Waals surface area contributed by atoms with Crippen LogP contribution in [-0.2, 0) is 11.2 Å². The number of esters is 1. The molecule has 0 radical (unpaired) electrons. The van der Waals surface area contributed by atoms with Gasteiger partial charge in [0.15, 0.2) is 5.76 Å². The van der Waals surface area contributed by atoms with E-state index < -0.39 is 5.97 Å². The number of hydrogen-bond acceptors (Lipinski definition) is 5. The maximum Gasteiger partial charge on any atom is 0.356 e. The Kier molecular flexibility index (Phi) is 4.61. The lowest BCUT2D eigenvalue weighted by Crippen LogP contribution is -2.06. The number of nitrogens with one attached hydrogen (secondary N) is 1. The Hall–Kier alpha value is -3.54. The van der Waals surface area contributed by atoms with Gasteiger partial charge in [0.25, 0.3) is 0 Å². The predicted molar refractivity (Wildman–Crippen MR) is 106 cm³/mol. The third-order valence-electron chi connectivity index (χ3n) is 4.66. The number of carbonyl (C=O) groups excluding carboxylic acids is 1. The molecule has 0 spiro atoms. The highest BCUT2D eigenvalue weighted by atomic mass is 16.5. The van der Waals surface area contributed by atoms with Crippen LogP contribution >= 0.6 is 0 Å². The van der Waals surface area contributed by atoms with Crippen LogP contribution in [0.3, 0.4) is 0 Å². The van der Waals surface area contributed by atoms with E-state index in [0.717, 1.165) is 45.1 Å². The van der Waals surface area contributed by atoms with E-state index in [2.05, 4.69) is 9.97 Å². The van der Waals surface area contributed by atoms with Crippen LogP contribution in [0, 0.1) is 6.92 Å². The molecular weight excluding hydrogens is 356 g/mol. The second kappa shape index (κ2) is 7.23. The molecular formula is C22H20N2O4. The third kappa shape index (κ3) is 3.24. The number of benzene rings is 1. The average Bonchev–Trinajstić information content (AvgIpc) is 3.30. The van der Waals surface area contributed by atoms with E-state index in [1.54, 1.807) is 13.2 Å². The van der Waals surface area contributed by atoms with Crippen LogP contribution in [0.2, 0.25) is 0 Å². The van der Waals surface area contributed by atoms with Gasteiger partial charge in [-0.15, -0.1) is 0 Å². The molecule has 0 aliphatic rings. The lowest BCUT2D eigenvalue weighted by molar-refractivity contribution is 0.0593. The van der Waals surface area contributed by atoms with Crippen molar-refractivity contribution in [3.63, 3.8) is 0 Å². The lowest BCUT2D eigenvalue weighted by atomic mass is 10.0. The molecule has 1 aromatic carbocycles. The fourth-order valence-electron chi connectivity index (χ4n) is 3.30. The van der Waals surface area contributed by atoms with Gasteiger partial charge in [0.05, 0.1) is 19.9 Å². The lowest BCUT2D eigenvalue weighted by Gasteiger charge is -2.05. The highest BCUT2D eigenvalue weighted by molar-refractivity contribution is 5.91. The van der Waals surface area contributed by atoms with Gasteiger partial charge in [0, 0.05) is 29.1 Å². The number of pyridine rings is 1. The van der Waals surface area contributed by atoms with E-state index in [-0.39, 0.29) is 5.69 Å². The SMILES string of the molecule is COC(=O)c1cccc(Cc2c(-c3ccc(C)o3)[nH]c3cc(OC)ccc23)n1. The second-order valence-electron chi connectivity index (χ2n) is 6.48. The average molecular weight is 376 g/mol. The van der Waals surface area contributed by atoms with Crippen molar-refractivity contribution in [1.29, 1.82) is 0 Å². The molecule has 0 aliphatic carbocycles. The van der Waals surface area contributed by atoms with Crippen LogP contribution < -0.4 is 4.74 Å². The molecule has 3 aromatic heterocycles. The molecule has 1 N–H and O–H groups in total. The molecule has 0 saturated carbocycles. The first-order chi connectivity index (χ1) is 13.6. The normalized spacial score (nSPS) is 11.0. The Morgan fingerprint density at radius 3 is 2.71 bits per heavy atom. The molecule has 0 unspecified atom stereocenters. The summed E-state index contributed by atoms with van der Waals surface area (Å²) in [6, 6.07) is 15.1. The van der Waals surface area contributed by atoms with Gasteiger partial charge in [-0.25, -0.2) is 9.78 Å². The van der Waals surface area contributed by atoms with Gasteiger partial charge in [0.1, 0.15) is 17.2 Å². The van der Waals surface area contributed by atoms with E-state index >= 15 is 0 Å². The Morgan fingerprint density at radius 1 is 1.14 bits per heavy atom. The number of furan rings is 1. The minimum absolute atomic E-state index is 0.289. The van der Waals surface area contributed by atoms with Gasteiger partial charge in [-0.05, 0) is 48.9 Å². The zero-order chi connectivity index (χ0) is 19.7. The molecule has 0 atom stereocenters. The first kappa shape index (κ1) is 17.9. The number of aryl methyl sites for hydroxylation is 1. The first-order valence-corrected chi connectivity index (χ1v) is 8.88. The summed E-state index contributed by atoms with van der Waals surface area (Å²) in [7, 11) is 2.99. The predicted octanol–water partition coefficient (Wildman–Crippen LogP) is 4.52. The number of hydrogen-bond donors (Lipinski definition) is 1. The van der Waals surface area contributed by atoms with Gasteiger partial charge in [0.2, 0.25) is 0 Å². The van der Waals surface area contributed by atoms with Crippen LogP contribution in [0.4, 0.5) is 0 Å². The Bertz CT molecular complexity index is 1160. The molecule has 0 fully saturated rings. The van der Waals surface area contributed by atoms with Crippen LogP contribution in [0.5, 0.6) is 5.75 Å². The number of methoxy groups -OCH3 is 2. The van der Waals surface area contributed by atoms with Crippen molar-refractivity contribution in [2.24, 2.45) is 0 Å². The van der Waals surface area contributed by atoms with E-state index in [1.807, 2.05) is 49.4 Å². The van der Waals surface area contributed by atoms with Crippen LogP contribution in [0.15, 0.2) is 52.9 Å². The summed E-state index contributed by atoms with van der Waals surface area (Å²) in [5.41, 5.74) is 3.94. The fraction of sp³-hybridized carbons (Fsp3) is 0.182. The van der Waals surface area contributed by atoms with Gasteiger partial charge in [-0.1, -0.05) is 6.07 Å². The van der Waals surface area contributed by atoms with Crippen LogP contribution in [-0.4, -0.2) is 30.2 Å². The van der Waals surface area contributed by atoms with Gasteiger partial charge in [-0.2, -0.15) is 0 Å². The first-order valence-electron chi connectivity index (χ1n) is 8.88. The summed E-state index contributed by atoms with van der Waals surface area (Å²) < 4.78 is 16.0. The summed E-state index contributed by atoms with van der Waals surface area (Å²) >= 11 is 0. The zero-order valence-electron chi connectivity index (χ0n) is 15.9. The maximum atomic E-state index is 11.8. The van der Waals surface area contributed by atoms with E-state index in [1.165, 1.54) is 7.11 Å². The topological polar surface area (TPSA) is 77.3 Å². The van der Waals surface area contributed by atoms with Crippen molar-refractivity contribution in [3.05, 3.63) is 71.2 Å². The molecule has 0 saturated heterocycles. The highest BCUT2D eigenvalue weighted by Gasteiger charge is 2.18. The quantitative estimate of drug-likeness (QED) is 0.518.